The molecule has 0 spiro atoms. The number of ether oxygens (including phenoxy) is 6. The van der Waals surface area contributed by atoms with E-state index in [1.54, 1.807) is 13.8 Å². The lowest BCUT2D eigenvalue weighted by atomic mass is 10.2. The monoisotopic (exact) mass is 470 g/mol. The zero-order chi connectivity index (χ0) is 24.7. The Morgan fingerprint density at radius 1 is 0.727 bits per heavy atom. The van der Waals surface area contributed by atoms with E-state index in [1.807, 2.05) is 13.8 Å². The SMILES string of the molecule is C=C(C)C(=O)OCCOC(C)(C)OCCCCCOC1(OCCOC(=O)C(=C)C)CCCC1. The zero-order valence-corrected chi connectivity index (χ0v) is 20.9. The number of carbonyl (C=O) groups is 2. The van der Waals surface area contributed by atoms with Crippen LogP contribution in [0.3, 0.4) is 0 Å². The van der Waals surface area contributed by atoms with E-state index in [1.165, 1.54) is 0 Å². The Kier molecular flexibility index (Phi) is 13.5. The minimum Gasteiger partial charge on any atom is -0.460 e. The summed E-state index contributed by atoms with van der Waals surface area (Å²) in [6, 6.07) is 0. The highest BCUT2D eigenvalue weighted by Gasteiger charge is 2.35. The van der Waals surface area contributed by atoms with Gasteiger partial charge in [-0.05, 0) is 59.8 Å². The molecular weight excluding hydrogens is 428 g/mol. The van der Waals surface area contributed by atoms with E-state index in [-0.39, 0.29) is 19.8 Å². The van der Waals surface area contributed by atoms with Gasteiger partial charge < -0.3 is 28.4 Å². The Balaban J connectivity index is 2.13. The summed E-state index contributed by atoms with van der Waals surface area (Å²) in [5.41, 5.74) is 0.744. The molecule has 0 heterocycles. The van der Waals surface area contributed by atoms with E-state index in [2.05, 4.69) is 13.2 Å². The summed E-state index contributed by atoms with van der Waals surface area (Å²) in [4.78, 5) is 22.8. The van der Waals surface area contributed by atoms with Crippen molar-refractivity contribution >= 4 is 11.9 Å². The molecule has 1 fully saturated rings. The summed E-state index contributed by atoms with van der Waals surface area (Å²) in [6.45, 7) is 16.1. The number of unbranched alkanes of at least 4 members (excludes halogenated alkanes) is 2. The Hall–Kier alpha value is -1.74. The van der Waals surface area contributed by atoms with Crippen LogP contribution in [0, 0.1) is 0 Å². The summed E-state index contributed by atoms with van der Waals surface area (Å²) in [7, 11) is 0. The molecule has 1 aliphatic rings. The zero-order valence-electron chi connectivity index (χ0n) is 20.9. The van der Waals surface area contributed by atoms with Crippen molar-refractivity contribution in [3.8, 4) is 0 Å². The van der Waals surface area contributed by atoms with Gasteiger partial charge in [-0.3, -0.25) is 0 Å². The van der Waals surface area contributed by atoms with Gasteiger partial charge in [0, 0.05) is 30.6 Å². The van der Waals surface area contributed by atoms with Gasteiger partial charge in [0.2, 0.25) is 0 Å². The molecule has 0 saturated heterocycles. The number of hydrogen-bond donors (Lipinski definition) is 0. The van der Waals surface area contributed by atoms with Gasteiger partial charge in [0.25, 0.3) is 0 Å². The number of rotatable bonds is 18. The lowest BCUT2D eigenvalue weighted by Crippen LogP contribution is -2.34. The van der Waals surface area contributed by atoms with E-state index in [0.717, 1.165) is 44.9 Å². The van der Waals surface area contributed by atoms with E-state index in [0.29, 0.717) is 31.0 Å². The van der Waals surface area contributed by atoms with Crippen LogP contribution in [0.25, 0.3) is 0 Å². The molecule has 0 N–H and O–H groups in total. The summed E-state index contributed by atoms with van der Waals surface area (Å²) >= 11 is 0. The van der Waals surface area contributed by atoms with E-state index < -0.39 is 23.5 Å². The van der Waals surface area contributed by atoms with Crippen molar-refractivity contribution in [1.82, 2.24) is 0 Å². The Morgan fingerprint density at radius 3 is 1.79 bits per heavy atom. The van der Waals surface area contributed by atoms with Gasteiger partial charge >= 0.3 is 11.9 Å². The lowest BCUT2D eigenvalue weighted by molar-refractivity contribution is -0.237. The van der Waals surface area contributed by atoms with E-state index >= 15 is 0 Å². The molecule has 1 rings (SSSR count). The Morgan fingerprint density at radius 2 is 1.21 bits per heavy atom. The summed E-state index contributed by atoms with van der Waals surface area (Å²) in [5, 5.41) is 0. The molecule has 0 radical (unpaired) electrons. The van der Waals surface area contributed by atoms with Gasteiger partial charge in [0.1, 0.15) is 13.2 Å². The second-order valence-electron chi connectivity index (χ2n) is 8.80. The third-order valence-corrected chi connectivity index (χ3v) is 5.11. The van der Waals surface area contributed by atoms with Crippen LogP contribution in [0.5, 0.6) is 0 Å². The Bertz CT molecular complexity index is 634. The second kappa shape index (κ2) is 15.2. The van der Waals surface area contributed by atoms with Crippen LogP contribution in [0.15, 0.2) is 24.3 Å². The van der Waals surface area contributed by atoms with Gasteiger partial charge in [-0.2, -0.15) is 0 Å². The predicted molar refractivity (Wildman–Crippen MR) is 124 cm³/mol. The highest BCUT2D eigenvalue weighted by Crippen LogP contribution is 2.34. The van der Waals surface area contributed by atoms with Crippen LogP contribution >= 0.6 is 0 Å². The largest absolute Gasteiger partial charge is 0.460 e. The lowest BCUT2D eigenvalue weighted by Gasteiger charge is -2.29. The summed E-state index contributed by atoms with van der Waals surface area (Å²) in [5.74, 6) is -2.13. The molecule has 0 atom stereocenters. The quantitative estimate of drug-likeness (QED) is 0.125. The average molecular weight is 471 g/mol. The van der Waals surface area contributed by atoms with Gasteiger partial charge in [-0.15, -0.1) is 0 Å². The van der Waals surface area contributed by atoms with E-state index in [4.69, 9.17) is 28.4 Å². The third-order valence-electron chi connectivity index (χ3n) is 5.11. The Labute approximate surface area is 198 Å². The molecule has 1 saturated carbocycles. The fourth-order valence-corrected chi connectivity index (χ4v) is 3.27. The molecule has 0 aliphatic heterocycles. The minimum atomic E-state index is -0.749. The molecule has 8 nitrogen and oxygen atoms in total. The number of hydrogen-bond acceptors (Lipinski definition) is 8. The maximum absolute atomic E-state index is 11.4. The fourth-order valence-electron chi connectivity index (χ4n) is 3.27. The fraction of sp³-hybridized carbons (Fsp3) is 0.760. The first-order chi connectivity index (χ1) is 15.6. The number of carbonyl (C=O) groups excluding carboxylic acids is 2. The highest BCUT2D eigenvalue weighted by molar-refractivity contribution is 5.87. The molecule has 0 amide bonds. The smallest absolute Gasteiger partial charge is 0.333 e. The highest BCUT2D eigenvalue weighted by atomic mass is 16.7. The van der Waals surface area contributed by atoms with Crippen LogP contribution in [0.2, 0.25) is 0 Å². The van der Waals surface area contributed by atoms with Crippen molar-refractivity contribution in [1.29, 1.82) is 0 Å². The van der Waals surface area contributed by atoms with Crippen molar-refractivity contribution in [2.24, 2.45) is 0 Å². The molecule has 0 bridgehead atoms. The summed E-state index contributed by atoms with van der Waals surface area (Å²) in [6.07, 6.45) is 6.60. The molecular formula is C25H42O8. The molecule has 0 aromatic rings. The molecule has 33 heavy (non-hydrogen) atoms. The van der Waals surface area contributed by atoms with Gasteiger partial charge in [-0.1, -0.05) is 13.2 Å². The molecule has 0 aromatic heterocycles. The van der Waals surface area contributed by atoms with Crippen molar-refractivity contribution in [2.75, 3.05) is 39.6 Å². The second-order valence-corrected chi connectivity index (χ2v) is 8.80. The third kappa shape index (κ3) is 12.9. The van der Waals surface area contributed by atoms with Crippen LogP contribution in [0.1, 0.15) is 72.6 Å². The van der Waals surface area contributed by atoms with Crippen LogP contribution in [0.4, 0.5) is 0 Å². The van der Waals surface area contributed by atoms with E-state index in [9.17, 15) is 9.59 Å². The summed E-state index contributed by atoms with van der Waals surface area (Å²) < 4.78 is 33.6. The van der Waals surface area contributed by atoms with Crippen molar-refractivity contribution in [3.63, 3.8) is 0 Å². The topological polar surface area (TPSA) is 89.5 Å². The van der Waals surface area contributed by atoms with Crippen LogP contribution < -0.4 is 0 Å². The molecule has 190 valence electrons. The standard InChI is InChI=1S/C25H42O8/c1-20(2)22(26)28-16-18-31-24(5,6)30-14-10-7-11-15-32-25(12-8-9-13-25)33-19-17-29-23(27)21(3)4/h1,3,7-19H2,2,4-6H3. The van der Waals surface area contributed by atoms with Crippen LogP contribution in [-0.4, -0.2) is 63.2 Å². The maximum Gasteiger partial charge on any atom is 0.333 e. The molecule has 0 aromatic carbocycles. The van der Waals surface area contributed by atoms with Gasteiger partial charge in [0.15, 0.2) is 11.6 Å². The molecule has 1 aliphatic carbocycles. The van der Waals surface area contributed by atoms with Gasteiger partial charge in [0.05, 0.1) is 19.8 Å². The normalized spacial score (nSPS) is 15.3. The number of esters is 2. The molecule has 0 unspecified atom stereocenters. The minimum absolute atomic E-state index is 0.163. The van der Waals surface area contributed by atoms with Crippen LogP contribution in [-0.2, 0) is 38.0 Å². The predicted octanol–water partition coefficient (Wildman–Crippen LogP) is 4.47. The maximum atomic E-state index is 11.4. The molecule has 8 heteroatoms. The first-order valence-corrected chi connectivity index (χ1v) is 11.8. The first kappa shape index (κ1) is 29.3. The van der Waals surface area contributed by atoms with Crippen molar-refractivity contribution < 1.29 is 38.0 Å². The van der Waals surface area contributed by atoms with Crippen molar-refractivity contribution in [3.05, 3.63) is 24.3 Å². The van der Waals surface area contributed by atoms with Crippen molar-refractivity contribution in [2.45, 2.75) is 84.2 Å². The first-order valence-electron chi connectivity index (χ1n) is 11.8. The van der Waals surface area contributed by atoms with Gasteiger partial charge in [-0.25, -0.2) is 9.59 Å². The average Bonchev–Trinajstić information content (AvgIpc) is 3.22.